The molecule has 9 heteroatoms. The summed E-state index contributed by atoms with van der Waals surface area (Å²) in [4.78, 5) is 41.9. The largest absolute Gasteiger partial charge is 0.491 e. The number of amides is 3. The fourth-order valence-corrected chi connectivity index (χ4v) is 5.54. The lowest BCUT2D eigenvalue weighted by Crippen LogP contribution is -2.61. The van der Waals surface area contributed by atoms with Crippen molar-refractivity contribution in [3.05, 3.63) is 29.8 Å². The van der Waals surface area contributed by atoms with E-state index in [0.717, 1.165) is 42.3 Å². The predicted molar refractivity (Wildman–Crippen MR) is 146 cm³/mol. The summed E-state index contributed by atoms with van der Waals surface area (Å²) in [6, 6.07) is 5.47. The standard InChI is InChI=1S/C29H46N4O5/c1-20(2)17-24-29(37)32-25(28(36)31-24)19-23(26(32)21-11-10-12-22(18-21)38-16-15-34)27(35)30-13-8-6-7-9-14-33(3,4)5/h10-12,18,20,23-26,34H,6-9,13-17,19H2,1-5H3,(H-,30,31,35,36)/p+1/t23-,24+,25-,26-/m1/s1. The van der Waals surface area contributed by atoms with E-state index in [1.165, 1.54) is 0 Å². The van der Waals surface area contributed by atoms with Crippen molar-refractivity contribution in [3.8, 4) is 5.75 Å². The molecule has 0 radical (unpaired) electrons. The van der Waals surface area contributed by atoms with Gasteiger partial charge >= 0.3 is 0 Å². The number of rotatable bonds is 14. The van der Waals surface area contributed by atoms with Gasteiger partial charge in [0.15, 0.2) is 0 Å². The first-order chi connectivity index (χ1) is 18.0. The number of unbranched alkanes of at least 4 members (excludes halogenated alkanes) is 3. The summed E-state index contributed by atoms with van der Waals surface area (Å²) in [7, 11) is 6.57. The van der Waals surface area contributed by atoms with Crippen molar-refractivity contribution in [3.63, 3.8) is 0 Å². The highest BCUT2D eigenvalue weighted by Gasteiger charge is 2.54. The number of aliphatic hydroxyl groups excluding tert-OH is 1. The SMILES string of the molecule is CC(C)C[C@@H]1NC(=O)[C@H]2C[C@@H](C(=O)NCCCCCC[N+](C)(C)C)[C@@H](c3cccc(OCCO)c3)N2C1=O. The van der Waals surface area contributed by atoms with Crippen LogP contribution >= 0.6 is 0 Å². The van der Waals surface area contributed by atoms with E-state index in [2.05, 4.69) is 31.8 Å². The van der Waals surface area contributed by atoms with Gasteiger partial charge in [-0.1, -0.05) is 32.4 Å². The van der Waals surface area contributed by atoms with Gasteiger partial charge in [0.2, 0.25) is 17.7 Å². The van der Waals surface area contributed by atoms with Crippen molar-refractivity contribution >= 4 is 17.7 Å². The van der Waals surface area contributed by atoms with Gasteiger partial charge in [-0.15, -0.1) is 0 Å². The summed E-state index contributed by atoms with van der Waals surface area (Å²) >= 11 is 0. The summed E-state index contributed by atoms with van der Waals surface area (Å²) < 4.78 is 6.56. The zero-order chi connectivity index (χ0) is 27.9. The van der Waals surface area contributed by atoms with Crippen LogP contribution in [0, 0.1) is 11.8 Å². The molecule has 212 valence electrons. The summed E-state index contributed by atoms with van der Waals surface area (Å²) in [5.41, 5.74) is 0.759. The molecule has 2 heterocycles. The molecule has 0 unspecified atom stereocenters. The molecule has 3 amide bonds. The van der Waals surface area contributed by atoms with Crippen molar-refractivity contribution in [1.82, 2.24) is 15.5 Å². The lowest BCUT2D eigenvalue weighted by atomic mass is 9.92. The smallest absolute Gasteiger partial charge is 0.246 e. The number of carbonyl (C=O) groups is 3. The molecule has 0 aromatic heterocycles. The van der Waals surface area contributed by atoms with E-state index in [9.17, 15) is 14.4 Å². The van der Waals surface area contributed by atoms with E-state index in [1.807, 2.05) is 32.0 Å². The Morgan fingerprint density at radius 1 is 1.18 bits per heavy atom. The van der Waals surface area contributed by atoms with Gasteiger partial charge in [0, 0.05) is 6.54 Å². The number of aliphatic hydroxyl groups is 1. The van der Waals surface area contributed by atoms with Crippen LogP contribution in [0.3, 0.4) is 0 Å². The quantitative estimate of drug-likeness (QED) is 0.252. The van der Waals surface area contributed by atoms with Crippen LogP contribution in [-0.2, 0) is 14.4 Å². The third kappa shape index (κ3) is 7.93. The lowest BCUT2D eigenvalue weighted by Gasteiger charge is -2.39. The highest BCUT2D eigenvalue weighted by Crippen LogP contribution is 2.44. The molecule has 2 fully saturated rings. The summed E-state index contributed by atoms with van der Waals surface area (Å²) in [6.45, 7) is 5.78. The average Bonchev–Trinajstić information content (AvgIpc) is 3.26. The number of nitrogens with one attached hydrogen (secondary N) is 2. The minimum atomic E-state index is -0.677. The molecule has 2 aliphatic heterocycles. The molecule has 4 atom stereocenters. The molecule has 9 nitrogen and oxygen atoms in total. The third-order valence-electron chi connectivity index (χ3n) is 7.32. The molecular formula is C29H47N4O5+. The van der Waals surface area contributed by atoms with Crippen LogP contribution in [0.1, 0.15) is 64.0 Å². The second kappa shape index (κ2) is 13.4. The topological polar surface area (TPSA) is 108 Å². The first-order valence-electron chi connectivity index (χ1n) is 14.1. The maximum absolute atomic E-state index is 13.6. The fraction of sp³-hybridized carbons (Fsp3) is 0.690. The normalized spacial score (nSPS) is 23.4. The van der Waals surface area contributed by atoms with Crippen molar-refractivity contribution in [2.75, 3.05) is 47.4 Å². The summed E-state index contributed by atoms with van der Waals surface area (Å²) in [5, 5.41) is 15.1. The molecule has 1 aromatic rings. The highest BCUT2D eigenvalue weighted by molar-refractivity contribution is 5.99. The molecular weight excluding hydrogens is 484 g/mol. The van der Waals surface area contributed by atoms with Crippen LogP contribution in [-0.4, -0.2) is 91.7 Å². The Morgan fingerprint density at radius 2 is 1.92 bits per heavy atom. The number of ether oxygens (including phenoxy) is 1. The zero-order valence-electron chi connectivity index (χ0n) is 23.7. The van der Waals surface area contributed by atoms with E-state index < -0.39 is 24.0 Å². The number of nitrogens with zero attached hydrogens (tertiary/aromatic N) is 2. The number of quaternary nitrogens is 1. The molecule has 38 heavy (non-hydrogen) atoms. The van der Waals surface area contributed by atoms with Gasteiger partial charge in [-0.05, 0) is 55.7 Å². The van der Waals surface area contributed by atoms with E-state index in [-0.39, 0.29) is 43.3 Å². The first kappa shape index (κ1) is 29.9. The first-order valence-corrected chi connectivity index (χ1v) is 14.1. The summed E-state index contributed by atoms with van der Waals surface area (Å²) in [6.07, 6.45) is 5.06. The van der Waals surface area contributed by atoms with Crippen LogP contribution in [0.15, 0.2) is 24.3 Å². The Hall–Kier alpha value is -2.65. The molecule has 0 aliphatic carbocycles. The Labute approximate surface area is 227 Å². The number of benzene rings is 1. The van der Waals surface area contributed by atoms with E-state index in [1.54, 1.807) is 11.0 Å². The van der Waals surface area contributed by atoms with Gasteiger partial charge in [-0.2, -0.15) is 0 Å². The van der Waals surface area contributed by atoms with Gasteiger partial charge in [0.25, 0.3) is 0 Å². The van der Waals surface area contributed by atoms with E-state index in [4.69, 9.17) is 9.84 Å². The molecule has 0 bridgehead atoms. The molecule has 2 saturated heterocycles. The van der Waals surface area contributed by atoms with Crippen LogP contribution in [0.5, 0.6) is 5.75 Å². The Bertz CT molecular complexity index is 961. The number of hydrogen-bond donors (Lipinski definition) is 3. The van der Waals surface area contributed by atoms with Crippen LogP contribution in [0.25, 0.3) is 0 Å². The second-order valence-electron chi connectivity index (χ2n) is 12.1. The average molecular weight is 532 g/mol. The van der Waals surface area contributed by atoms with Crippen LogP contribution < -0.4 is 15.4 Å². The number of hydrogen-bond acceptors (Lipinski definition) is 5. The molecule has 3 N–H and O–H groups in total. The highest BCUT2D eigenvalue weighted by atomic mass is 16.5. The fourth-order valence-electron chi connectivity index (χ4n) is 5.54. The Balaban J connectivity index is 1.75. The van der Waals surface area contributed by atoms with Crippen molar-refractivity contribution < 1.29 is 28.7 Å². The zero-order valence-corrected chi connectivity index (χ0v) is 23.7. The van der Waals surface area contributed by atoms with Gasteiger partial charge in [-0.25, -0.2) is 0 Å². The van der Waals surface area contributed by atoms with Crippen LogP contribution in [0.2, 0.25) is 0 Å². The van der Waals surface area contributed by atoms with Crippen molar-refractivity contribution in [2.45, 2.75) is 70.5 Å². The molecule has 0 saturated carbocycles. The number of carbonyl (C=O) groups excluding carboxylic acids is 3. The third-order valence-corrected chi connectivity index (χ3v) is 7.32. The number of fused-ring (bicyclic) bond motifs is 1. The molecule has 3 rings (SSSR count). The van der Waals surface area contributed by atoms with Gasteiger partial charge in [0.1, 0.15) is 24.4 Å². The van der Waals surface area contributed by atoms with Gasteiger partial charge in [-0.3, -0.25) is 14.4 Å². The molecule has 2 aliphatic rings. The number of piperazine rings is 1. The van der Waals surface area contributed by atoms with Crippen LogP contribution in [0.4, 0.5) is 0 Å². The maximum atomic E-state index is 13.6. The van der Waals surface area contributed by atoms with E-state index in [0.29, 0.717) is 18.7 Å². The Kier molecular flexibility index (Phi) is 10.6. The minimum Gasteiger partial charge on any atom is -0.491 e. The lowest BCUT2D eigenvalue weighted by molar-refractivity contribution is -0.870. The van der Waals surface area contributed by atoms with Gasteiger partial charge in [0.05, 0.1) is 46.3 Å². The molecule has 0 spiro atoms. The monoisotopic (exact) mass is 531 g/mol. The second-order valence-corrected chi connectivity index (χ2v) is 12.1. The summed E-state index contributed by atoms with van der Waals surface area (Å²) in [5.74, 6) is -0.209. The molecule has 1 aromatic carbocycles. The minimum absolute atomic E-state index is 0.113. The Morgan fingerprint density at radius 3 is 2.61 bits per heavy atom. The van der Waals surface area contributed by atoms with Crippen molar-refractivity contribution in [2.24, 2.45) is 11.8 Å². The predicted octanol–water partition coefficient (Wildman–Crippen LogP) is 2.24. The van der Waals surface area contributed by atoms with Gasteiger partial charge < -0.3 is 29.9 Å². The van der Waals surface area contributed by atoms with E-state index >= 15 is 0 Å². The van der Waals surface area contributed by atoms with Crippen molar-refractivity contribution in [1.29, 1.82) is 0 Å². The maximum Gasteiger partial charge on any atom is 0.246 e.